The summed E-state index contributed by atoms with van der Waals surface area (Å²) < 4.78 is 26.3. The second-order valence-corrected chi connectivity index (χ2v) is 6.81. The smallest absolute Gasteiger partial charge is 0.254 e. The average Bonchev–Trinajstić information content (AvgIpc) is 2.60. The highest BCUT2D eigenvalue weighted by atomic mass is 32.2. The van der Waals surface area contributed by atoms with E-state index in [4.69, 9.17) is 0 Å². The van der Waals surface area contributed by atoms with Crippen molar-refractivity contribution < 1.29 is 18.4 Å². The Morgan fingerprint density at radius 2 is 1.73 bits per heavy atom. The Morgan fingerprint density at radius 3 is 2.42 bits per heavy atom. The Hall–Kier alpha value is -2.41. The third-order valence-electron chi connectivity index (χ3n) is 3.53. The van der Waals surface area contributed by atoms with Gasteiger partial charge in [0.15, 0.2) is 0 Å². The van der Waals surface area contributed by atoms with E-state index in [9.17, 15) is 18.4 Å². The zero-order valence-electron chi connectivity index (χ0n) is 14.4. The number of rotatable bonds is 8. The van der Waals surface area contributed by atoms with E-state index in [1.54, 1.807) is 11.8 Å². The molecule has 4 nitrogen and oxygen atoms in total. The number of thioether (sulfide) groups is 1. The molecule has 2 N–H and O–H groups in total. The molecule has 0 radical (unpaired) electrons. The van der Waals surface area contributed by atoms with Crippen LogP contribution in [-0.4, -0.2) is 30.7 Å². The van der Waals surface area contributed by atoms with Gasteiger partial charge in [0.05, 0.1) is 5.56 Å². The number of halogens is 2. The predicted molar refractivity (Wildman–Crippen MR) is 98.2 cm³/mol. The van der Waals surface area contributed by atoms with Crippen molar-refractivity contribution in [3.63, 3.8) is 0 Å². The molecule has 26 heavy (non-hydrogen) atoms. The van der Waals surface area contributed by atoms with Crippen molar-refractivity contribution in [3.05, 3.63) is 65.2 Å². The van der Waals surface area contributed by atoms with Gasteiger partial charge in [0.1, 0.15) is 11.6 Å². The third kappa shape index (κ3) is 6.48. The van der Waals surface area contributed by atoms with Crippen LogP contribution in [0.15, 0.2) is 47.4 Å². The van der Waals surface area contributed by atoms with E-state index in [0.717, 1.165) is 22.8 Å². The Morgan fingerprint density at radius 1 is 1.00 bits per heavy atom. The molecule has 2 aromatic rings. The van der Waals surface area contributed by atoms with E-state index >= 15 is 0 Å². The maximum Gasteiger partial charge on any atom is 0.254 e. The standard InChI is InChI=1S/C19H20F2N2O2S/c1-13-2-5-15(6-3-13)26-11-10-22-18(24)8-9-23-19(25)16-7-4-14(20)12-17(16)21/h2-7,12H,8-11H2,1H3,(H,22,24)(H,23,25). The highest BCUT2D eigenvalue weighted by Gasteiger charge is 2.12. The average molecular weight is 378 g/mol. The molecule has 0 bridgehead atoms. The first-order chi connectivity index (χ1) is 12.5. The number of carbonyl (C=O) groups is 2. The van der Waals surface area contributed by atoms with Gasteiger partial charge in [-0.15, -0.1) is 11.8 Å². The van der Waals surface area contributed by atoms with Gasteiger partial charge in [-0.1, -0.05) is 17.7 Å². The molecule has 0 saturated carbocycles. The van der Waals surface area contributed by atoms with Crippen LogP contribution in [0.25, 0.3) is 0 Å². The Bertz CT molecular complexity index is 767. The van der Waals surface area contributed by atoms with Gasteiger partial charge in [-0.3, -0.25) is 9.59 Å². The van der Waals surface area contributed by atoms with Gasteiger partial charge in [-0.25, -0.2) is 8.78 Å². The van der Waals surface area contributed by atoms with Gasteiger partial charge in [0.25, 0.3) is 5.91 Å². The Kier molecular flexibility index (Phi) is 7.59. The van der Waals surface area contributed by atoms with Gasteiger partial charge in [0, 0.05) is 36.2 Å². The van der Waals surface area contributed by atoms with Crippen molar-refractivity contribution in [2.75, 3.05) is 18.8 Å². The van der Waals surface area contributed by atoms with E-state index in [-0.39, 0.29) is 24.4 Å². The third-order valence-corrected chi connectivity index (χ3v) is 4.54. The van der Waals surface area contributed by atoms with E-state index < -0.39 is 17.5 Å². The topological polar surface area (TPSA) is 58.2 Å². The number of hydrogen-bond donors (Lipinski definition) is 2. The first kappa shape index (κ1) is 19.9. The van der Waals surface area contributed by atoms with Crippen LogP contribution in [0.5, 0.6) is 0 Å². The van der Waals surface area contributed by atoms with E-state index in [1.807, 2.05) is 31.2 Å². The normalized spacial score (nSPS) is 10.4. The van der Waals surface area contributed by atoms with Crippen LogP contribution in [-0.2, 0) is 4.79 Å². The lowest BCUT2D eigenvalue weighted by atomic mass is 10.2. The van der Waals surface area contributed by atoms with Gasteiger partial charge in [-0.05, 0) is 31.2 Å². The summed E-state index contributed by atoms with van der Waals surface area (Å²) in [4.78, 5) is 24.7. The van der Waals surface area contributed by atoms with E-state index in [2.05, 4.69) is 10.6 Å². The molecule has 0 aromatic heterocycles. The van der Waals surface area contributed by atoms with Crippen LogP contribution in [0.2, 0.25) is 0 Å². The largest absolute Gasteiger partial charge is 0.355 e. The summed E-state index contributed by atoms with van der Waals surface area (Å²) in [6, 6.07) is 10.9. The maximum atomic E-state index is 13.5. The van der Waals surface area contributed by atoms with Crippen molar-refractivity contribution in [1.29, 1.82) is 0 Å². The molecule has 0 aliphatic heterocycles. The fourth-order valence-corrected chi connectivity index (χ4v) is 2.91. The summed E-state index contributed by atoms with van der Waals surface area (Å²) in [6.45, 7) is 2.61. The maximum absolute atomic E-state index is 13.5. The summed E-state index contributed by atoms with van der Waals surface area (Å²) in [5.41, 5.74) is 0.950. The molecule has 0 saturated heterocycles. The number of aryl methyl sites for hydroxylation is 1. The lowest BCUT2D eigenvalue weighted by Gasteiger charge is -2.07. The minimum Gasteiger partial charge on any atom is -0.355 e. The molecule has 2 amide bonds. The zero-order chi connectivity index (χ0) is 18.9. The first-order valence-corrected chi connectivity index (χ1v) is 9.13. The Balaban J connectivity index is 1.62. The summed E-state index contributed by atoms with van der Waals surface area (Å²) in [5.74, 6) is -1.82. The fourth-order valence-electron chi connectivity index (χ4n) is 2.14. The molecular weight excluding hydrogens is 358 g/mol. The molecular formula is C19H20F2N2O2S. The molecule has 138 valence electrons. The number of hydrogen-bond acceptors (Lipinski definition) is 3. The molecule has 0 aliphatic carbocycles. The molecule has 0 heterocycles. The van der Waals surface area contributed by atoms with Crippen LogP contribution < -0.4 is 10.6 Å². The minimum atomic E-state index is -0.930. The van der Waals surface area contributed by atoms with Crippen LogP contribution >= 0.6 is 11.8 Å². The monoisotopic (exact) mass is 378 g/mol. The first-order valence-electron chi connectivity index (χ1n) is 8.15. The predicted octanol–water partition coefficient (Wildman–Crippen LogP) is 3.30. The van der Waals surface area contributed by atoms with Crippen molar-refractivity contribution in [2.45, 2.75) is 18.2 Å². The number of benzene rings is 2. The van der Waals surface area contributed by atoms with Crippen LogP contribution in [0.4, 0.5) is 8.78 Å². The lowest BCUT2D eigenvalue weighted by Crippen LogP contribution is -2.32. The summed E-state index contributed by atoms with van der Waals surface area (Å²) in [5, 5.41) is 5.21. The van der Waals surface area contributed by atoms with Crippen molar-refractivity contribution in [3.8, 4) is 0 Å². The van der Waals surface area contributed by atoms with Gasteiger partial charge in [0.2, 0.25) is 5.91 Å². The highest BCUT2D eigenvalue weighted by molar-refractivity contribution is 7.99. The lowest BCUT2D eigenvalue weighted by molar-refractivity contribution is -0.120. The number of carbonyl (C=O) groups excluding carboxylic acids is 2. The summed E-state index contributed by atoms with van der Waals surface area (Å²) in [7, 11) is 0. The van der Waals surface area contributed by atoms with Crippen molar-refractivity contribution in [2.24, 2.45) is 0 Å². The number of nitrogens with one attached hydrogen (secondary N) is 2. The molecule has 2 aromatic carbocycles. The SMILES string of the molecule is Cc1ccc(SCCNC(=O)CCNC(=O)c2ccc(F)cc2F)cc1. The number of amides is 2. The second-order valence-electron chi connectivity index (χ2n) is 5.64. The summed E-state index contributed by atoms with van der Waals surface area (Å²) >= 11 is 1.64. The van der Waals surface area contributed by atoms with Crippen LogP contribution in [0, 0.1) is 18.6 Å². The molecule has 0 atom stereocenters. The molecule has 7 heteroatoms. The highest BCUT2D eigenvalue weighted by Crippen LogP contribution is 2.17. The fraction of sp³-hybridized carbons (Fsp3) is 0.263. The molecule has 0 aliphatic rings. The Labute approximate surface area is 155 Å². The molecule has 0 unspecified atom stereocenters. The molecule has 2 rings (SSSR count). The molecule has 0 spiro atoms. The summed E-state index contributed by atoms with van der Waals surface area (Å²) in [6.07, 6.45) is 0.0871. The van der Waals surface area contributed by atoms with Crippen LogP contribution in [0.1, 0.15) is 22.3 Å². The quantitative estimate of drug-likeness (QED) is 0.547. The van der Waals surface area contributed by atoms with E-state index in [0.29, 0.717) is 12.6 Å². The minimum absolute atomic E-state index is 0.0760. The molecule has 0 fully saturated rings. The van der Waals surface area contributed by atoms with Gasteiger partial charge >= 0.3 is 0 Å². The van der Waals surface area contributed by atoms with E-state index in [1.165, 1.54) is 5.56 Å². The second kappa shape index (κ2) is 9.91. The van der Waals surface area contributed by atoms with Gasteiger partial charge in [-0.2, -0.15) is 0 Å². The van der Waals surface area contributed by atoms with Crippen molar-refractivity contribution >= 4 is 23.6 Å². The zero-order valence-corrected chi connectivity index (χ0v) is 15.2. The van der Waals surface area contributed by atoms with Crippen LogP contribution in [0.3, 0.4) is 0 Å². The van der Waals surface area contributed by atoms with Crippen molar-refractivity contribution in [1.82, 2.24) is 10.6 Å². The van der Waals surface area contributed by atoms with Gasteiger partial charge < -0.3 is 10.6 Å².